The summed E-state index contributed by atoms with van der Waals surface area (Å²) in [5.41, 5.74) is 2.44. The first kappa shape index (κ1) is 16.8. The normalized spacial score (nSPS) is 13.6. The molecule has 0 saturated carbocycles. The van der Waals surface area contributed by atoms with Crippen LogP contribution in [0.1, 0.15) is 22.8 Å². The van der Waals surface area contributed by atoms with Gasteiger partial charge in [-0.15, -0.1) is 0 Å². The van der Waals surface area contributed by atoms with Gasteiger partial charge in [0.15, 0.2) is 0 Å². The van der Waals surface area contributed by atoms with Gasteiger partial charge in [0.2, 0.25) is 5.91 Å². The summed E-state index contributed by atoms with van der Waals surface area (Å²) in [5, 5.41) is 2.91. The Labute approximate surface area is 155 Å². The van der Waals surface area contributed by atoms with Gasteiger partial charge in [0.25, 0.3) is 11.8 Å². The van der Waals surface area contributed by atoms with Crippen molar-refractivity contribution >= 4 is 34.2 Å². The molecule has 0 radical (unpaired) electrons. The van der Waals surface area contributed by atoms with Crippen molar-refractivity contribution in [3.63, 3.8) is 0 Å². The fraction of sp³-hybridized carbons (Fsp3) is 0.0952. The van der Waals surface area contributed by atoms with Crippen molar-refractivity contribution in [3.05, 3.63) is 71.9 Å². The van der Waals surface area contributed by atoms with E-state index in [0.29, 0.717) is 28.8 Å². The highest BCUT2D eigenvalue weighted by Crippen LogP contribution is 2.32. The van der Waals surface area contributed by atoms with E-state index in [1.807, 2.05) is 30.3 Å². The molecule has 134 valence electrons. The Hall–Kier alpha value is -3.67. The van der Waals surface area contributed by atoms with Crippen molar-refractivity contribution in [1.82, 2.24) is 9.88 Å². The molecule has 27 heavy (non-hydrogen) atoms. The van der Waals surface area contributed by atoms with Crippen molar-refractivity contribution in [2.75, 3.05) is 0 Å². The number of carbonyl (C=O) groups is 3. The average molecular weight is 360 g/mol. The molecule has 0 unspecified atom stereocenters. The van der Waals surface area contributed by atoms with Crippen LogP contribution in [0.4, 0.5) is 0 Å². The van der Waals surface area contributed by atoms with Gasteiger partial charge in [-0.05, 0) is 23.8 Å². The van der Waals surface area contributed by atoms with Crippen molar-refractivity contribution in [2.45, 2.75) is 13.5 Å². The number of amides is 2. The van der Waals surface area contributed by atoms with Gasteiger partial charge >= 0.3 is 0 Å². The molecule has 2 amide bonds. The lowest BCUT2D eigenvalue weighted by Crippen LogP contribution is -2.21. The molecule has 0 bridgehead atoms. The molecule has 2 aromatic carbocycles. The van der Waals surface area contributed by atoms with E-state index in [1.165, 1.54) is 17.6 Å². The summed E-state index contributed by atoms with van der Waals surface area (Å²) in [6.07, 6.45) is 2.83. The molecule has 1 aliphatic heterocycles. The molecule has 0 atom stereocenters. The van der Waals surface area contributed by atoms with Crippen LogP contribution in [-0.4, -0.2) is 22.3 Å². The van der Waals surface area contributed by atoms with Gasteiger partial charge in [-0.2, -0.15) is 0 Å². The summed E-state index contributed by atoms with van der Waals surface area (Å²) in [7, 11) is 0. The molecule has 4 rings (SSSR count). The lowest BCUT2D eigenvalue weighted by atomic mass is 10.1. The van der Waals surface area contributed by atoms with E-state index in [1.54, 1.807) is 24.4 Å². The van der Waals surface area contributed by atoms with Crippen LogP contribution >= 0.6 is 0 Å². The molecular weight excluding hydrogens is 344 g/mol. The van der Waals surface area contributed by atoms with E-state index in [0.717, 1.165) is 5.56 Å². The Morgan fingerprint density at radius 2 is 1.89 bits per heavy atom. The predicted molar refractivity (Wildman–Crippen MR) is 100 cm³/mol. The number of hydrogen-bond donors (Lipinski definition) is 1. The molecule has 0 spiro atoms. The SMILES string of the molecule is CC(=O)n1cc(C2=CC(=O)NC2=O)c2cc(OCc3ccccc3)ccc21. The van der Waals surface area contributed by atoms with Gasteiger partial charge in [-0.25, -0.2) is 0 Å². The van der Waals surface area contributed by atoms with Gasteiger partial charge in [-0.3, -0.25) is 24.3 Å². The molecular formula is C21H16N2O4. The predicted octanol–water partition coefficient (Wildman–Crippen LogP) is 2.92. The van der Waals surface area contributed by atoms with E-state index >= 15 is 0 Å². The highest BCUT2D eigenvalue weighted by atomic mass is 16.5. The minimum absolute atomic E-state index is 0.186. The quantitative estimate of drug-likeness (QED) is 0.726. The first-order chi connectivity index (χ1) is 13.0. The smallest absolute Gasteiger partial charge is 0.258 e. The van der Waals surface area contributed by atoms with Crippen LogP contribution in [-0.2, 0) is 16.2 Å². The van der Waals surface area contributed by atoms with Crippen LogP contribution in [0.5, 0.6) is 5.75 Å². The molecule has 6 heteroatoms. The van der Waals surface area contributed by atoms with Crippen LogP contribution in [0, 0.1) is 0 Å². The highest BCUT2D eigenvalue weighted by molar-refractivity contribution is 6.35. The number of imide groups is 1. The summed E-state index contributed by atoms with van der Waals surface area (Å²) in [6.45, 7) is 1.84. The number of benzene rings is 2. The summed E-state index contributed by atoms with van der Waals surface area (Å²) >= 11 is 0. The maximum Gasteiger partial charge on any atom is 0.258 e. The number of nitrogens with one attached hydrogen (secondary N) is 1. The van der Waals surface area contributed by atoms with Crippen LogP contribution in [0.3, 0.4) is 0 Å². The molecule has 6 nitrogen and oxygen atoms in total. The van der Waals surface area contributed by atoms with E-state index in [4.69, 9.17) is 4.74 Å². The zero-order valence-corrected chi connectivity index (χ0v) is 14.6. The van der Waals surface area contributed by atoms with Crippen molar-refractivity contribution in [3.8, 4) is 5.75 Å². The van der Waals surface area contributed by atoms with E-state index < -0.39 is 11.8 Å². The molecule has 1 aliphatic rings. The number of hydrogen-bond acceptors (Lipinski definition) is 4. The van der Waals surface area contributed by atoms with Gasteiger partial charge in [0, 0.05) is 30.1 Å². The van der Waals surface area contributed by atoms with Crippen molar-refractivity contribution in [2.24, 2.45) is 0 Å². The second-order valence-electron chi connectivity index (χ2n) is 6.26. The topological polar surface area (TPSA) is 77.4 Å². The van der Waals surface area contributed by atoms with E-state index in [9.17, 15) is 14.4 Å². The standard InChI is InChI=1S/C21H16N2O4/c1-13(24)23-11-18(17-10-20(25)22-21(17)26)16-9-15(7-8-19(16)23)27-12-14-5-3-2-4-6-14/h2-11H,12H2,1H3,(H,22,25,26). The molecule has 0 fully saturated rings. The molecule has 1 N–H and O–H groups in total. The lowest BCUT2D eigenvalue weighted by molar-refractivity contribution is -0.123. The third-order valence-electron chi connectivity index (χ3n) is 4.41. The van der Waals surface area contributed by atoms with Crippen LogP contribution in [0.2, 0.25) is 0 Å². The summed E-state index contributed by atoms with van der Waals surface area (Å²) in [5.74, 6) is -0.512. The zero-order valence-electron chi connectivity index (χ0n) is 14.6. The monoisotopic (exact) mass is 360 g/mol. The third-order valence-corrected chi connectivity index (χ3v) is 4.41. The van der Waals surface area contributed by atoms with Crippen molar-refractivity contribution in [1.29, 1.82) is 0 Å². The number of rotatable bonds is 4. The van der Waals surface area contributed by atoms with Gasteiger partial charge in [-0.1, -0.05) is 30.3 Å². The Morgan fingerprint density at radius 1 is 1.11 bits per heavy atom. The Morgan fingerprint density at radius 3 is 2.56 bits per heavy atom. The van der Waals surface area contributed by atoms with Gasteiger partial charge in [0.05, 0.1) is 11.1 Å². The summed E-state index contributed by atoms with van der Waals surface area (Å²) in [4.78, 5) is 35.6. The number of aromatic nitrogens is 1. The number of carbonyl (C=O) groups excluding carboxylic acids is 3. The molecule has 3 aromatic rings. The van der Waals surface area contributed by atoms with Crippen LogP contribution in [0.15, 0.2) is 60.8 Å². The highest BCUT2D eigenvalue weighted by Gasteiger charge is 2.26. The zero-order chi connectivity index (χ0) is 19.0. The second kappa shape index (κ2) is 6.57. The molecule has 2 heterocycles. The average Bonchev–Trinajstić information content (AvgIpc) is 3.19. The Bertz CT molecular complexity index is 1110. The van der Waals surface area contributed by atoms with E-state index in [-0.39, 0.29) is 11.5 Å². The van der Waals surface area contributed by atoms with Crippen molar-refractivity contribution < 1.29 is 19.1 Å². The van der Waals surface area contributed by atoms with Gasteiger partial charge in [0.1, 0.15) is 12.4 Å². The molecule has 0 aliphatic carbocycles. The summed E-state index contributed by atoms with van der Waals surface area (Å²) < 4.78 is 7.32. The number of ether oxygens (including phenoxy) is 1. The largest absolute Gasteiger partial charge is 0.489 e. The maximum atomic E-state index is 12.1. The third kappa shape index (κ3) is 3.13. The number of fused-ring (bicyclic) bond motifs is 1. The first-order valence-electron chi connectivity index (χ1n) is 8.43. The Balaban J connectivity index is 1.76. The molecule has 0 saturated heterocycles. The maximum absolute atomic E-state index is 12.1. The van der Waals surface area contributed by atoms with Crippen LogP contribution < -0.4 is 10.1 Å². The fourth-order valence-corrected chi connectivity index (χ4v) is 3.13. The summed E-state index contributed by atoms with van der Waals surface area (Å²) in [6, 6.07) is 15.1. The van der Waals surface area contributed by atoms with Gasteiger partial charge < -0.3 is 4.74 Å². The number of nitrogens with zero attached hydrogens (tertiary/aromatic N) is 1. The Kier molecular flexibility index (Phi) is 4.08. The molecule has 1 aromatic heterocycles. The first-order valence-corrected chi connectivity index (χ1v) is 8.43. The minimum atomic E-state index is -0.474. The minimum Gasteiger partial charge on any atom is -0.489 e. The van der Waals surface area contributed by atoms with E-state index in [2.05, 4.69) is 5.32 Å². The second-order valence-corrected chi connectivity index (χ2v) is 6.26. The lowest BCUT2D eigenvalue weighted by Gasteiger charge is -2.07. The fourth-order valence-electron chi connectivity index (χ4n) is 3.13. The van der Waals surface area contributed by atoms with Crippen LogP contribution in [0.25, 0.3) is 16.5 Å².